The minimum atomic E-state index is -3.22. The summed E-state index contributed by atoms with van der Waals surface area (Å²) in [5.41, 5.74) is 2.70. The Morgan fingerprint density at radius 3 is 2.56 bits per heavy atom. The zero-order chi connectivity index (χ0) is 19.4. The normalized spacial score (nSPS) is 15.8. The lowest BCUT2D eigenvalue weighted by Gasteiger charge is -2.25. The molecule has 8 nitrogen and oxygen atoms in total. The Balaban J connectivity index is 1.68. The van der Waals surface area contributed by atoms with E-state index in [0.717, 1.165) is 42.8 Å². The third kappa shape index (κ3) is 4.84. The maximum Gasteiger partial charge on any atom is 0.215 e. The van der Waals surface area contributed by atoms with Crippen LogP contribution in [0.4, 0.5) is 5.82 Å². The molecular formula is C18H28N6O2S. The molecular weight excluding hydrogens is 364 g/mol. The summed E-state index contributed by atoms with van der Waals surface area (Å²) >= 11 is 0. The van der Waals surface area contributed by atoms with E-state index in [1.807, 2.05) is 30.8 Å². The highest BCUT2D eigenvalue weighted by Gasteiger charge is 2.23. The minimum Gasteiger partial charge on any atom is -0.369 e. The van der Waals surface area contributed by atoms with E-state index in [1.54, 1.807) is 4.31 Å². The summed E-state index contributed by atoms with van der Waals surface area (Å²) in [6, 6.07) is 3.86. The molecule has 0 saturated carbocycles. The number of anilines is 1. The highest BCUT2D eigenvalue weighted by Crippen LogP contribution is 2.21. The van der Waals surface area contributed by atoms with Crippen LogP contribution in [0.25, 0.3) is 11.4 Å². The molecule has 1 aliphatic rings. The van der Waals surface area contributed by atoms with Crippen LogP contribution in [-0.4, -0.2) is 57.9 Å². The predicted octanol–water partition coefficient (Wildman–Crippen LogP) is 1.98. The standard InChI is InChI=1S/C18H28N6O2S/c1-4-15-12-17(23(3)22-15)16-13-18(21-14(2)20-16)19-8-11-27(25,26)24-9-6-5-7-10-24/h12-13H,4-11H2,1-3H3,(H,19,20,21). The van der Waals surface area contributed by atoms with E-state index in [-0.39, 0.29) is 5.75 Å². The quantitative estimate of drug-likeness (QED) is 0.774. The second kappa shape index (κ2) is 8.35. The molecule has 0 aliphatic carbocycles. The monoisotopic (exact) mass is 392 g/mol. The molecule has 2 aromatic rings. The van der Waals surface area contributed by atoms with E-state index < -0.39 is 10.0 Å². The van der Waals surface area contributed by atoms with Gasteiger partial charge in [0.05, 0.1) is 22.8 Å². The van der Waals surface area contributed by atoms with Crippen molar-refractivity contribution in [3.63, 3.8) is 0 Å². The van der Waals surface area contributed by atoms with Crippen LogP contribution in [0.2, 0.25) is 0 Å². The molecule has 0 radical (unpaired) electrons. The third-order valence-corrected chi connectivity index (χ3v) is 6.64. The molecule has 1 N–H and O–H groups in total. The van der Waals surface area contributed by atoms with Crippen molar-refractivity contribution in [2.24, 2.45) is 7.05 Å². The zero-order valence-electron chi connectivity index (χ0n) is 16.3. The fourth-order valence-electron chi connectivity index (χ4n) is 3.31. The van der Waals surface area contributed by atoms with E-state index in [1.165, 1.54) is 0 Å². The molecule has 1 fully saturated rings. The summed E-state index contributed by atoms with van der Waals surface area (Å²) in [5.74, 6) is 1.33. The first-order valence-electron chi connectivity index (χ1n) is 9.49. The van der Waals surface area contributed by atoms with Crippen LogP contribution in [0.3, 0.4) is 0 Å². The minimum absolute atomic E-state index is 0.0665. The maximum absolute atomic E-state index is 12.5. The van der Waals surface area contributed by atoms with Crippen LogP contribution in [0.5, 0.6) is 0 Å². The van der Waals surface area contributed by atoms with Crippen molar-refractivity contribution in [2.45, 2.75) is 39.5 Å². The summed E-state index contributed by atoms with van der Waals surface area (Å²) in [6.45, 7) is 5.49. The van der Waals surface area contributed by atoms with Gasteiger partial charge in [-0.05, 0) is 32.3 Å². The van der Waals surface area contributed by atoms with E-state index in [2.05, 4.69) is 27.3 Å². The molecule has 27 heavy (non-hydrogen) atoms. The topological polar surface area (TPSA) is 93.0 Å². The second-order valence-corrected chi connectivity index (χ2v) is 8.97. The number of piperidine rings is 1. The number of aromatic nitrogens is 4. The molecule has 0 unspecified atom stereocenters. The highest BCUT2D eigenvalue weighted by atomic mass is 32.2. The number of sulfonamides is 1. The summed E-state index contributed by atoms with van der Waals surface area (Å²) in [5, 5.41) is 7.61. The summed E-state index contributed by atoms with van der Waals surface area (Å²) < 4.78 is 28.3. The Morgan fingerprint density at radius 1 is 1.15 bits per heavy atom. The lowest BCUT2D eigenvalue weighted by Crippen LogP contribution is -2.38. The van der Waals surface area contributed by atoms with Crippen molar-refractivity contribution in [1.82, 2.24) is 24.1 Å². The van der Waals surface area contributed by atoms with Crippen molar-refractivity contribution in [1.29, 1.82) is 0 Å². The largest absolute Gasteiger partial charge is 0.369 e. The maximum atomic E-state index is 12.5. The fraction of sp³-hybridized carbons (Fsp3) is 0.611. The Bertz CT molecular complexity index is 887. The van der Waals surface area contributed by atoms with Gasteiger partial charge in [-0.1, -0.05) is 13.3 Å². The molecule has 2 aromatic heterocycles. The van der Waals surface area contributed by atoms with Crippen LogP contribution < -0.4 is 5.32 Å². The van der Waals surface area contributed by atoms with Crippen LogP contribution in [0, 0.1) is 6.92 Å². The molecule has 0 spiro atoms. The molecule has 1 aliphatic heterocycles. The van der Waals surface area contributed by atoms with E-state index in [4.69, 9.17) is 0 Å². The number of nitrogens with one attached hydrogen (secondary N) is 1. The van der Waals surface area contributed by atoms with Gasteiger partial charge in [0.2, 0.25) is 10.0 Å². The van der Waals surface area contributed by atoms with E-state index in [0.29, 0.717) is 31.3 Å². The lowest BCUT2D eigenvalue weighted by molar-refractivity contribution is 0.347. The van der Waals surface area contributed by atoms with Gasteiger partial charge in [0, 0.05) is 32.7 Å². The number of hydrogen-bond acceptors (Lipinski definition) is 6. The van der Waals surface area contributed by atoms with Gasteiger partial charge in [-0.2, -0.15) is 5.10 Å². The first-order chi connectivity index (χ1) is 12.9. The number of rotatable bonds is 7. The van der Waals surface area contributed by atoms with Gasteiger partial charge in [-0.15, -0.1) is 0 Å². The lowest BCUT2D eigenvalue weighted by atomic mass is 10.2. The first kappa shape index (κ1) is 19.8. The molecule has 3 rings (SSSR count). The van der Waals surface area contributed by atoms with E-state index >= 15 is 0 Å². The number of aryl methyl sites for hydroxylation is 3. The van der Waals surface area contributed by atoms with Crippen molar-refractivity contribution < 1.29 is 8.42 Å². The van der Waals surface area contributed by atoms with Gasteiger partial charge in [0.15, 0.2) is 0 Å². The van der Waals surface area contributed by atoms with E-state index in [9.17, 15) is 8.42 Å². The van der Waals surface area contributed by atoms with Crippen LogP contribution in [0.1, 0.15) is 37.7 Å². The molecule has 0 bridgehead atoms. The van der Waals surface area contributed by atoms with Gasteiger partial charge in [-0.3, -0.25) is 4.68 Å². The molecule has 0 aromatic carbocycles. The van der Waals surface area contributed by atoms with Crippen LogP contribution in [0.15, 0.2) is 12.1 Å². The predicted molar refractivity (Wildman–Crippen MR) is 106 cm³/mol. The SMILES string of the molecule is CCc1cc(-c2cc(NCCS(=O)(=O)N3CCCCC3)nc(C)n2)n(C)n1. The van der Waals surface area contributed by atoms with Crippen molar-refractivity contribution in [3.8, 4) is 11.4 Å². The van der Waals surface area contributed by atoms with Crippen LogP contribution in [-0.2, 0) is 23.5 Å². The Morgan fingerprint density at radius 2 is 1.89 bits per heavy atom. The first-order valence-corrected chi connectivity index (χ1v) is 11.1. The van der Waals surface area contributed by atoms with Gasteiger partial charge in [-0.25, -0.2) is 22.7 Å². The molecule has 0 atom stereocenters. The molecule has 9 heteroatoms. The van der Waals surface area contributed by atoms with Gasteiger partial charge >= 0.3 is 0 Å². The number of nitrogens with zero attached hydrogens (tertiary/aromatic N) is 5. The summed E-state index contributed by atoms with van der Waals surface area (Å²) in [7, 11) is -1.33. The Labute approximate surface area is 161 Å². The van der Waals surface area contributed by atoms with Crippen LogP contribution >= 0.6 is 0 Å². The molecule has 1 saturated heterocycles. The average molecular weight is 393 g/mol. The zero-order valence-corrected chi connectivity index (χ0v) is 17.1. The fourth-order valence-corrected chi connectivity index (χ4v) is 4.74. The number of hydrogen-bond donors (Lipinski definition) is 1. The molecule has 148 valence electrons. The summed E-state index contributed by atoms with van der Waals surface area (Å²) in [4.78, 5) is 8.89. The second-order valence-electron chi connectivity index (χ2n) is 6.89. The Kier molecular flexibility index (Phi) is 6.11. The van der Waals surface area contributed by atoms with Crippen molar-refractivity contribution >= 4 is 15.8 Å². The van der Waals surface area contributed by atoms with Gasteiger partial charge in [0.1, 0.15) is 11.6 Å². The molecule has 3 heterocycles. The Hall–Kier alpha value is -2.00. The summed E-state index contributed by atoms with van der Waals surface area (Å²) in [6.07, 6.45) is 3.87. The smallest absolute Gasteiger partial charge is 0.215 e. The van der Waals surface area contributed by atoms with Crippen molar-refractivity contribution in [2.75, 3.05) is 30.7 Å². The van der Waals surface area contributed by atoms with Gasteiger partial charge < -0.3 is 5.32 Å². The average Bonchev–Trinajstić information content (AvgIpc) is 3.03. The van der Waals surface area contributed by atoms with Gasteiger partial charge in [0.25, 0.3) is 0 Å². The van der Waals surface area contributed by atoms with Crippen molar-refractivity contribution in [3.05, 3.63) is 23.7 Å². The third-order valence-electron chi connectivity index (χ3n) is 4.77. The molecule has 0 amide bonds. The highest BCUT2D eigenvalue weighted by molar-refractivity contribution is 7.89.